The number of piperidine rings is 1. The zero-order valence-corrected chi connectivity index (χ0v) is 20.2. The third kappa shape index (κ3) is 4.92. The molecule has 2 amide bonds. The summed E-state index contributed by atoms with van der Waals surface area (Å²) in [5.41, 5.74) is 0.930. The molecule has 0 radical (unpaired) electrons. The number of carbonyl (C=O) groups is 2. The van der Waals surface area contributed by atoms with E-state index in [-0.39, 0.29) is 16.7 Å². The van der Waals surface area contributed by atoms with E-state index in [0.29, 0.717) is 30.8 Å². The van der Waals surface area contributed by atoms with Crippen molar-refractivity contribution in [3.63, 3.8) is 0 Å². The van der Waals surface area contributed by atoms with E-state index in [4.69, 9.17) is 16.3 Å². The van der Waals surface area contributed by atoms with Crippen LogP contribution in [0.2, 0.25) is 5.02 Å². The Morgan fingerprint density at radius 3 is 2.47 bits per heavy atom. The number of amides is 2. The molecule has 10 heteroatoms. The SMILES string of the molecule is COc1ccc(CNC(=O)C2CCC3C(C2)NC(=O)C(S(=O)(=O)c2ccc(Cl)cc2)C3O)cc1. The van der Waals surface area contributed by atoms with E-state index in [1.807, 2.05) is 24.3 Å². The summed E-state index contributed by atoms with van der Waals surface area (Å²) >= 11 is 5.84. The fourth-order valence-electron chi connectivity index (χ4n) is 4.82. The van der Waals surface area contributed by atoms with Gasteiger partial charge in [0.1, 0.15) is 5.75 Å². The molecule has 2 aromatic rings. The molecule has 2 aliphatic rings. The molecular formula is C24H27ClN2O6S. The topological polar surface area (TPSA) is 122 Å². The van der Waals surface area contributed by atoms with Gasteiger partial charge in [0.15, 0.2) is 15.1 Å². The summed E-state index contributed by atoms with van der Waals surface area (Å²) in [5.74, 6) is -0.930. The average Bonchev–Trinajstić information content (AvgIpc) is 2.82. The number of rotatable bonds is 6. The van der Waals surface area contributed by atoms with Crippen LogP contribution in [0, 0.1) is 11.8 Å². The van der Waals surface area contributed by atoms with Crippen LogP contribution in [0.1, 0.15) is 24.8 Å². The Bertz CT molecular complexity index is 1150. The second kappa shape index (κ2) is 9.93. The van der Waals surface area contributed by atoms with Crippen LogP contribution in [0.4, 0.5) is 0 Å². The van der Waals surface area contributed by atoms with Crippen molar-refractivity contribution in [2.45, 2.75) is 48.1 Å². The Balaban J connectivity index is 1.40. The fourth-order valence-corrected chi connectivity index (χ4v) is 6.68. The number of carbonyl (C=O) groups excluding carboxylic acids is 2. The molecule has 2 aromatic carbocycles. The number of benzene rings is 2. The third-order valence-corrected chi connectivity index (χ3v) is 9.05. The van der Waals surface area contributed by atoms with Crippen molar-refractivity contribution in [1.82, 2.24) is 10.6 Å². The monoisotopic (exact) mass is 506 g/mol. The molecule has 1 aliphatic carbocycles. The molecule has 1 saturated carbocycles. The molecule has 5 unspecified atom stereocenters. The van der Waals surface area contributed by atoms with Crippen LogP contribution in [0.25, 0.3) is 0 Å². The first kappa shape index (κ1) is 24.5. The van der Waals surface area contributed by atoms with Crippen molar-refractivity contribution in [2.24, 2.45) is 11.8 Å². The molecule has 34 heavy (non-hydrogen) atoms. The summed E-state index contributed by atoms with van der Waals surface area (Å²) < 4.78 is 31.3. The molecule has 0 aromatic heterocycles. The van der Waals surface area contributed by atoms with Gasteiger partial charge in [-0.15, -0.1) is 0 Å². The lowest BCUT2D eigenvalue weighted by Gasteiger charge is -2.44. The maximum absolute atomic E-state index is 13.1. The number of aliphatic hydroxyl groups excluding tert-OH is 1. The van der Waals surface area contributed by atoms with E-state index in [0.717, 1.165) is 11.3 Å². The van der Waals surface area contributed by atoms with E-state index >= 15 is 0 Å². The van der Waals surface area contributed by atoms with Crippen LogP contribution in [0.3, 0.4) is 0 Å². The lowest BCUT2D eigenvalue weighted by Crippen LogP contribution is -2.63. The van der Waals surface area contributed by atoms with Crippen molar-refractivity contribution in [3.05, 3.63) is 59.1 Å². The van der Waals surface area contributed by atoms with Gasteiger partial charge in [0.25, 0.3) is 0 Å². The van der Waals surface area contributed by atoms with Gasteiger partial charge >= 0.3 is 0 Å². The van der Waals surface area contributed by atoms with Gasteiger partial charge in [0.2, 0.25) is 11.8 Å². The van der Waals surface area contributed by atoms with E-state index in [9.17, 15) is 23.1 Å². The number of hydrogen-bond acceptors (Lipinski definition) is 6. The van der Waals surface area contributed by atoms with E-state index in [1.54, 1.807) is 7.11 Å². The first-order valence-corrected chi connectivity index (χ1v) is 13.0. The number of methoxy groups -OCH3 is 1. The molecule has 2 fully saturated rings. The Morgan fingerprint density at radius 2 is 1.82 bits per heavy atom. The predicted molar refractivity (Wildman–Crippen MR) is 126 cm³/mol. The van der Waals surface area contributed by atoms with Crippen LogP contribution in [0.15, 0.2) is 53.4 Å². The number of sulfone groups is 1. The fraction of sp³-hybridized carbons (Fsp3) is 0.417. The Morgan fingerprint density at radius 1 is 1.15 bits per heavy atom. The molecule has 182 valence electrons. The number of halogens is 1. The van der Waals surface area contributed by atoms with Gasteiger partial charge in [0.05, 0.1) is 18.1 Å². The molecule has 1 saturated heterocycles. The maximum atomic E-state index is 13.1. The summed E-state index contributed by atoms with van der Waals surface area (Å²) in [6.07, 6.45) is -0.0895. The number of nitrogens with one attached hydrogen (secondary N) is 2. The summed E-state index contributed by atoms with van der Waals surface area (Å²) in [4.78, 5) is 25.5. The molecule has 8 nitrogen and oxygen atoms in total. The second-order valence-electron chi connectivity index (χ2n) is 8.76. The van der Waals surface area contributed by atoms with E-state index in [2.05, 4.69) is 10.6 Å². The Kier molecular flexibility index (Phi) is 7.16. The number of fused-ring (bicyclic) bond motifs is 1. The lowest BCUT2D eigenvalue weighted by molar-refractivity contribution is -0.134. The van der Waals surface area contributed by atoms with Crippen molar-refractivity contribution < 1.29 is 27.9 Å². The molecule has 0 spiro atoms. The smallest absolute Gasteiger partial charge is 0.241 e. The lowest BCUT2D eigenvalue weighted by atomic mass is 9.73. The molecule has 1 heterocycles. The molecule has 3 N–H and O–H groups in total. The quantitative estimate of drug-likeness (QED) is 0.551. The number of aliphatic hydroxyl groups is 1. The molecule has 4 rings (SSSR count). The van der Waals surface area contributed by atoms with Gasteiger partial charge in [-0.2, -0.15) is 0 Å². The normalized spacial score (nSPS) is 26.8. The van der Waals surface area contributed by atoms with Crippen LogP contribution in [0.5, 0.6) is 5.75 Å². The van der Waals surface area contributed by atoms with E-state index in [1.165, 1.54) is 24.3 Å². The average molecular weight is 507 g/mol. The summed E-state index contributed by atoms with van der Waals surface area (Å²) in [5, 5.41) is 15.4. The highest BCUT2D eigenvalue weighted by molar-refractivity contribution is 7.92. The highest BCUT2D eigenvalue weighted by Crippen LogP contribution is 2.37. The third-order valence-electron chi connectivity index (χ3n) is 6.71. The minimum atomic E-state index is -4.11. The Labute approximate surface area is 203 Å². The maximum Gasteiger partial charge on any atom is 0.241 e. The van der Waals surface area contributed by atoms with Gasteiger partial charge in [-0.3, -0.25) is 9.59 Å². The van der Waals surface area contributed by atoms with Crippen LogP contribution in [-0.2, 0) is 26.0 Å². The Hall–Kier alpha value is -2.62. The predicted octanol–water partition coefficient (Wildman–Crippen LogP) is 2.08. The minimum Gasteiger partial charge on any atom is -0.497 e. The summed E-state index contributed by atoms with van der Waals surface area (Å²) in [7, 11) is -2.52. The van der Waals surface area contributed by atoms with Crippen LogP contribution < -0.4 is 15.4 Å². The summed E-state index contributed by atoms with van der Waals surface area (Å²) in [6, 6.07) is 12.4. The largest absolute Gasteiger partial charge is 0.497 e. The first-order chi connectivity index (χ1) is 16.2. The second-order valence-corrected chi connectivity index (χ2v) is 11.3. The molecular weight excluding hydrogens is 480 g/mol. The molecule has 0 bridgehead atoms. The van der Waals surface area contributed by atoms with Crippen molar-refractivity contribution in [1.29, 1.82) is 0 Å². The van der Waals surface area contributed by atoms with Crippen LogP contribution in [-0.4, -0.2) is 49.8 Å². The first-order valence-electron chi connectivity index (χ1n) is 11.1. The van der Waals surface area contributed by atoms with Gasteiger partial charge in [-0.05, 0) is 61.2 Å². The van der Waals surface area contributed by atoms with Gasteiger partial charge in [0, 0.05) is 29.4 Å². The highest BCUT2D eigenvalue weighted by atomic mass is 35.5. The van der Waals surface area contributed by atoms with Gasteiger partial charge in [-0.25, -0.2) is 8.42 Å². The van der Waals surface area contributed by atoms with Gasteiger partial charge in [-0.1, -0.05) is 23.7 Å². The number of hydrogen-bond donors (Lipinski definition) is 3. The highest BCUT2D eigenvalue weighted by Gasteiger charge is 2.52. The standard InChI is InChI=1S/C24H27ClN2O6S/c1-33-17-7-2-14(3-8-17)13-26-23(29)15-4-11-19-20(12-15)27-24(30)22(21(19)28)34(31,32)18-9-5-16(25)6-10-18/h2-3,5-10,15,19-22,28H,4,11-13H2,1H3,(H,26,29)(H,27,30). The van der Waals surface area contributed by atoms with Gasteiger partial charge < -0.3 is 20.5 Å². The van der Waals surface area contributed by atoms with Crippen LogP contribution >= 0.6 is 11.6 Å². The van der Waals surface area contributed by atoms with Crippen molar-refractivity contribution in [2.75, 3.05) is 7.11 Å². The van der Waals surface area contributed by atoms with Crippen molar-refractivity contribution in [3.8, 4) is 5.75 Å². The zero-order chi connectivity index (χ0) is 24.5. The molecule has 5 atom stereocenters. The minimum absolute atomic E-state index is 0.0684. The zero-order valence-electron chi connectivity index (χ0n) is 18.6. The number of ether oxygens (including phenoxy) is 1. The molecule has 1 aliphatic heterocycles. The van der Waals surface area contributed by atoms with Crippen molar-refractivity contribution >= 4 is 33.3 Å². The van der Waals surface area contributed by atoms with E-state index < -0.39 is 39.1 Å². The summed E-state index contributed by atoms with van der Waals surface area (Å²) in [6.45, 7) is 0.365.